The molecule has 2 aromatic heterocycles. The minimum Gasteiger partial charge on any atom is -0.297 e. The summed E-state index contributed by atoms with van der Waals surface area (Å²) < 4.78 is 2.11. The first kappa shape index (κ1) is 13.6. The van der Waals surface area contributed by atoms with Crippen molar-refractivity contribution in [3.63, 3.8) is 0 Å². The van der Waals surface area contributed by atoms with Gasteiger partial charge >= 0.3 is 0 Å². The van der Waals surface area contributed by atoms with E-state index in [1.807, 2.05) is 0 Å². The van der Waals surface area contributed by atoms with Gasteiger partial charge in [-0.1, -0.05) is 45.2 Å². The van der Waals surface area contributed by atoms with Crippen LogP contribution in [0.1, 0.15) is 25.5 Å². The van der Waals surface area contributed by atoms with Crippen LogP contribution in [0.4, 0.5) is 0 Å². The van der Waals surface area contributed by atoms with Crippen molar-refractivity contribution in [3.05, 3.63) is 23.5 Å². The van der Waals surface area contributed by atoms with E-state index in [9.17, 15) is 0 Å². The summed E-state index contributed by atoms with van der Waals surface area (Å²) >= 11 is 9.02. The van der Waals surface area contributed by atoms with Crippen LogP contribution in [-0.4, -0.2) is 20.0 Å². The van der Waals surface area contributed by atoms with Crippen molar-refractivity contribution >= 4 is 48.2 Å². The van der Waals surface area contributed by atoms with E-state index in [2.05, 4.69) is 65.9 Å². The molecule has 0 unspecified atom stereocenters. The maximum atomic E-state index is 4.68. The van der Waals surface area contributed by atoms with Crippen LogP contribution in [0.5, 0.6) is 0 Å². The molecule has 0 saturated carbocycles. The molecule has 0 fully saturated rings. The van der Waals surface area contributed by atoms with Gasteiger partial charge < -0.3 is 0 Å². The molecule has 0 atom stereocenters. The molecule has 0 aliphatic carbocycles. The Bertz CT molecular complexity index is 445. The van der Waals surface area contributed by atoms with Crippen molar-refractivity contribution in [2.45, 2.75) is 26.2 Å². The van der Waals surface area contributed by atoms with Crippen LogP contribution in [0.3, 0.4) is 0 Å². The molecule has 5 heteroatoms. The van der Waals surface area contributed by atoms with Crippen molar-refractivity contribution < 1.29 is 0 Å². The molecular weight excluding hydrogens is 364 g/mol. The molecule has 0 aromatic carbocycles. The number of hydrogen-bond acceptors (Lipinski definition) is 2. The molecule has 17 heavy (non-hydrogen) atoms. The Morgan fingerprint density at radius 3 is 2.76 bits per heavy atom. The van der Waals surface area contributed by atoms with Gasteiger partial charge in [-0.25, -0.2) is 4.98 Å². The second-order valence-corrected chi connectivity index (χ2v) is 6.51. The van der Waals surface area contributed by atoms with Gasteiger partial charge in [-0.3, -0.25) is 4.40 Å². The molecule has 0 aliphatic heterocycles. The zero-order valence-electron chi connectivity index (χ0n) is 9.83. The lowest BCUT2D eigenvalue weighted by molar-refractivity contribution is 0.349. The van der Waals surface area contributed by atoms with Crippen molar-refractivity contribution in [1.82, 2.24) is 9.38 Å². The third-order valence-corrected chi connectivity index (χ3v) is 6.20. The Hall–Kier alpha value is 0.130. The van der Waals surface area contributed by atoms with Gasteiger partial charge in [-0.2, -0.15) is 0 Å². The number of fused-ring (bicyclic) bond motifs is 1. The van der Waals surface area contributed by atoms with Crippen LogP contribution in [0, 0.1) is 5.41 Å². The number of hydrogen-bond donors (Lipinski definition) is 0. The van der Waals surface area contributed by atoms with Crippen LogP contribution in [0.25, 0.3) is 4.96 Å². The van der Waals surface area contributed by atoms with E-state index < -0.39 is 0 Å². The standard InChI is InChI=1S/C12H16Br2N2S/c1-2-3-12(8-13,9-14)6-10-7-16-4-5-17-11(16)15-10/h4-5,7H,2-3,6,8-9H2,1H3. The van der Waals surface area contributed by atoms with E-state index in [1.165, 1.54) is 18.5 Å². The Morgan fingerprint density at radius 2 is 2.18 bits per heavy atom. The lowest BCUT2D eigenvalue weighted by atomic mass is 9.83. The molecule has 0 spiro atoms. The second kappa shape index (κ2) is 5.85. The highest BCUT2D eigenvalue weighted by molar-refractivity contribution is 9.09. The van der Waals surface area contributed by atoms with E-state index in [0.717, 1.165) is 22.0 Å². The Balaban J connectivity index is 2.19. The van der Waals surface area contributed by atoms with Crippen molar-refractivity contribution in [2.75, 3.05) is 10.7 Å². The number of thiazole rings is 1. The highest BCUT2D eigenvalue weighted by atomic mass is 79.9. The van der Waals surface area contributed by atoms with Gasteiger partial charge in [0.25, 0.3) is 0 Å². The van der Waals surface area contributed by atoms with Gasteiger partial charge in [-0.05, 0) is 18.3 Å². The predicted octanol–water partition coefficient (Wildman–Crippen LogP) is 4.51. The Labute approximate surface area is 123 Å². The molecule has 0 bridgehead atoms. The summed E-state index contributed by atoms with van der Waals surface area (Å²) in [5, 5.41) is 4.11. The zero-order valence-corrected chi connectivity index (χ0v) is 13.8. The van der Waals surface area contributed by atoms with Gasteiger partial charge in [0.1, 0.15) is 0 Å². The summed E-state index contributed by atoms with van der Waals surface area (Å²) in [6.07, 6.45) is 7.68. The smallest absolute Gasteiger partial charge is 0.193 e. The number of aromatic nitrogens is 2. The number of rotatable bonds is 6. The van der Waals surface area contributed by atoms with Gasteiger partial charge in [0.05, 0.1) is 5.69 Å². The Morgan fingerprint density at radius 1 is 1.41 bits per heavy atom. The number of alkyl halides is 2. The summed E-state index contributed by atoms with van der Waals surface area (Å²) in [5.74, 6) is 0. The van der Waals surface area contributed by atoms with Gasteiger partial charge in [0.2, 0.25) is 0 Å². The molecule has 0 saturated heterocycles. The number of nitrogens with zero attached hydrogens (tertiary/aromatic N) is 2. The van der Waals surface area contributed by atoms with E-state index in [0.29, 0.717) is 5.41 Å². The molecule has 94 valence electrons. The highest BCUT2D eigenvalue weighted by Crippen LogP contribution is 2.33. The predicted molar refractivity (Wildman–Crippen MR) is 81.7 cm³/mol. The van der Waals surface area contributed by atoms with E-state index in [4.69, 9.17) is 0 Å². The molecule has 0 aliphatic rings. The first-order valence-electron chi connectivity index (χ1n) is 5.76. The van der Waals surface area contributed by atoms with E-state index in [1.54, 1.807) is 11.3 Å². The van der Waals surface area contributed by atoms with Crippen molar-refractivity contribution in [2.24, 2.45) is 5.41 Å². The molecule has 2 aromatic rings. The summed E-state index contributed by atoms with van der Waals surface area (Å²) in [6.45, 7) is 2.24. The minimum absolute atomic E-state index is 0.290. The molecule has 2 rings (SSSR count). The average molecular weight is 380 g/mol. The lowest BCUT2D eigenvalue weighted by Crippen LogP contribution is -2.27. The molecule has 2 nitrogen and oxygen atoms in total. The number of imidazole rings is 1. The van der Waals surface area contributed by atoms with Crippen LogP contribution < -0.4 is 0 Å². The van der Waals surface area contributed by atoms with Crippen LogP contribution in [0.2, 0.25) is 0 Å². The molecule has 0 radical (unpaired) electrons. The summed E-state index contributed by atoms with van der Waals surface area (Å²) in [4.78, 5) is 5.77. The second-order valence-electron chi connectivity index (χ2n) is 4.52. The van der Waals surface area contributed by atoms with Crippen LogP contribution in [0.15, 0.2) is 17.8 Å². The summed E-state index contributed by atoms with van der Waals surface area (Å²) in [6, 6.07) is 0. The Kier molecular flexibility index (Phi) is 4.66. The van der Waals surface area contributed by atoms with Gasteiger partial charge in [-0.15, -0.1) is 11.3 Å². The van der Waals surface area contributed by atoms with Crippen LogP contribution >= 0.6 is 43.2 Å². The van der Waals surface area contributed by atoms with Crippen LogP contribution in [-0.2, 0) is 6.42 Å². The lowest BCUT2D eigenvalue weighted by Gasteiger charge is -2.28. The third kappa shape index (κ3) is 2.93. The third-order valence-electron chi connectivity index (χ3n) is 3.05. The highest BCUT2D eigenvalue weighted by Gasteiger charge is 2.28. The molecule has 0 N–H and O–H groups in total. The summed E-state index contributed by atoms with van der Waals surface area (Å²) in [7, 11) is 0. The number of halogens is 2. The fourth-order valence-electron chi connectivity index (χ4n) is 2.13. The topological polar surface area (TPSA) is 17.3 Å². The SMILES string of the molecule is CCCC(CBr)(CBr)Cc1cn2ccsc2n1. The summed E-state index contributed by atoms with van der Waals surface area (Å²) in [5.41, 5.74) is 1.49. The fraction of sp³-hybridized carbons (Fsp3) is 0.583. The quantitative estimate of drug-likeness (QED) is 0.674. The first-order chi connectivity index (χ1) is 8.23. The maximum absolute atomic E-state index is 4.68. The molecule has 0 amide bonds. The van der Waals surface area contributed by atoms with Crippen molar-refractivity contribution in [1.29, 1.82) is 0 Å². The largest absolute Gasteiger partial charge is 0.297 e. The van der Waals surface area contributed by atoms with E-state index in [-0.39, 0.29) is 0 Å². The normalized spacial score (nSPS) is 12.4. The molecular formula is C12H16Br2N2S. The zero-order chi connectivity index (χ0) is 12.3. The van der Waals surface area contributed by atoms with Crippen molar-refractivity contribution in [3.8, 4) is 0 Å². The van der Waals surface area contributed by atoms with E-state index >= 15 is 0 Å². The van der Waals surface area contributed by atoms with Gasteiger partial charge in [0, 0.05) is 28.4 Å². The first-order valence-corrected chi connectivity index (χ1v) is 8.88. The molecule has 2 heterocycles. The fourth-order valence-corrected chi connectivity index (χ4v) is 4.73. The average Bonchev–Trinajstić information content (AvgIpc) is 2.88. The monoisotopic (exact) mass is 378 g/mol. The minimum atomic E-state index is 0.290. The van der Waals surface area contributed by atoms with Gasteiger partial charge in [0.15, 0.2) is 4.96 Å². The maximum Gasteiger partial charge on any atom is 0.193 e.